The number of rotatable bonds is 3. The van der Waals surface area contributed by atoms with E-state index in [2.05, 4.69) is 15.4 Å². The topological polar surface area (TPSA) is 55.1 Å². The summed E-state index contributed by atoms with van der Waals surface area (Å²) in [6, 6.07) is 16.2. The molecule has 3 aromatic heterocycles. The molecule has 5 nitrogen and oxygen atoms in total. The number of halogens is 2. The number of aromatic nitrogens is 4. The Morgan fingerprint density at radius 1 is 1.00 bits per heavy atom. The molecule has 0 aliphatic carbocycles. The monoisotopic (exact) mass is 389 g/mol. The zero-order valence-corrected chi connectivity index (χ0v) is 15.2. The van der Waals surface area contributed by atoms with Crippen LogP contribution in [-0.4, -0.2) is 19.6 Å². The first-order chi connectivity index (χ1) is 13.7. The Kier molecular flexibility index (Phi) is 3.91. The van der Waals surface area contributed by atoms with Gasteiger partial charge in [0.2, 0.25) is 0 Å². The van der Waals surface area contributed by atoms with Crippen molar-refractivity contribution in [2.75, 3.05) is 5.32 Å². The second kappa shape index (κ2) is 6.58. The number of nitrogens with zero attached hydrogens (tertiary/aromatic N) is 4. The van der Waals surface area contributed by atoms with Crippen molar-refractivity contribution in [1.82, 2.24) is 19.6 Å². The molecule has 0 radical (unpaired) electrons. The lowest BCUT2D eigenvalue weighted by atomic mass is 10.0. The van der Waals surface area contributed by atoms with Crippen LogP contribution in [0.25, 0.3) is 27.7 Å². The average Bonchev–Trinajstić information content (AvgIpc) is 3.13. The van der Waals surface area contributed by atoms with Gasteiger partial charge in [-0.25, -0.2) is 13.9 Å². The molecule has 0 saturated heterocycles. The molecule has 0 amide bonds. The van der Waals surface area contributed by atoms with E-state index in [0.717, 1.165) is 22.0 Å². The van der Waals surface area contributed by atoms with Gasteiger partial charge in [-0.2, -0.15) is 5.10 Å². The Morgan fingerprint density at radius 2 is 1.89 bits per heavy atom. The maximum Gasteiger partial charge on any atom is 0.165 e. The van der Waals surface area contributed by atoms with Crippen LogP contribution in [0, 0.1) is 5.82 Å². The van der Waals surface area contributed by atoms with Crippen LogP contribution in [0.5, 0.6) is 0 Å². The van der Waals surface area contributed by atoms with E-state index < -0.39 is 5.82 Å². The highest BCUT2D eigenvalue weighted by atomic mass is 35.5. The van der Waals surface area contributed by atoms with Crippen molar-refractivity contribution >= 4 is 39.7 Å². The Morgan fingerprint density at radius 3 is 2.79 bits per heavy atom. The highest BCUT2D eigenvalue weighted by molar-refractivity contribution is 6.31. The number of fused-ring (bicyclic) bond motifs is 2. The van der Waals surface area contributed by atoms with Crippen molar-refractivity contribution in [3.8, 4) is 11.1 Å². The van der Waals surface area contributed by atoms with Crippen LogP contribution in [0.3, 0.4) is 0 Å². The number of para-hydroxylation sites is 1. The predicted molar refractivity (Wildman–Crippen MR) is 108 cm³/mol. The van der Waals surface area contributed by atoms with Crippen LogP contribution in [0.2, 0.25) is 5.02 Å². The number of benzene rings is 2. The highest BCUT2D eigenvalue weighted by Gasteiger charge is 2.13. The summed E-state index contributed by atoms with van der Waals surface area (Å²) in [7, 11) is 0. The van der Waals surface area contributed by atoms with Crippen molar-refractivity contribution in [2.45, 2.75) is 0 Å². The summed E-state index contributed by atoms with van der Waals surface area (Å²) in [5.74, 6) is 0.141. The molecule has 3 heterocycles. The Labute approximate surface area is 164 Å². The van der Waals surface area contributed by atoms with E-state index in [0.29, 0.717) is 17.2 Å². The van der Waals surface area contributed by atoms with Crippen molar-refractivity contribution in [3.63, 3.8) is 0 Å². The van der Waals surface area contributed by atoms with Gasteiger partial charge in [0, 0.05) is 34.6 Å². The van der Waals surface area contributed by atoms with Crippen LogP contribution in [0.4, 0.5) is 15.9 Å². The second-order valence-corrected chi connectivity index (χ2v) is 6.68. The van der Waals surface area contributed by atoms with Gasteiger partial charge in [-0.3, -0.25) is 4.98 Å². The zero-order valence-electron chi connectivity index (χ0n) is 14.5. The minimum absolute atomic E-state index is 0.0537. The SMILES string of the molecule is Fc1ccc(Nc2ccn3ncc(-c4cccc5cccnc45)c3n2)cc1Cl. The van der Waals surface area contributed by atoms with Gasteiger partial charge < -0.3 is 5.32 Å². The van der Waals surface area contributed by atoms with Gasteiger partial charge in [-0.15, -0.1) is 0 Å². The first-order valence-electron chi connectivity index (χ1n) is 8.60. The molecule has 0 aliphatic rings. The van der Waals surface area contributed by atoms with E-state index in [1.807, 2.05) is 36.5 Å². The van der Waals surface area contributed by atoms with Crippen LogP contribution in [0.15, 0.2) is 73.2 Å². The van der Waals surface area contributed by atoms with E-state index in [9.17, 15) is 4.39 Å². The van der Waals surface area contributed by atoms with Gasteiger partial charge in [0.1, 0.15) is 11.6 Å². The van der Waals surface area contributed by atoms with Crippen molar-refractivity contribution in [1.29, 1.82) is 0 Å². The molecular formula is C21H13ClFN5. The minimum Gasteiger partial charge on any atom is -0.340 e. The lowest BCUT2D eigenvalue weighted by Crippen LogP contribution is -1.97. The fourth-order valence-electron chi connectivity index (χ4n) is 3.17. The molecule has 5 rings (SSSR count). The average molecular weight is 390 g/mol. The summed E-state index contributed by atoms with van der Waals surface area (Å²) in [6.45, 7) is 0. The van der Waals surface area contributed by atoms with Crippen molar-refractivity contribution in [2.24, 2.45) is 0 Å². The third-order valence-corrected chi connectivity index (χ3v) is 4.77. The second-order valence-electron chi connectivity index (χ2n) is 6.27. The molecule has 2 aromatic carbocycles. The van der Waals surface area contributed by atoms with Crippen LogP contribution in [0.1, 0.15) is 0 Å². The van der Waals surface area contributed by atoms with Gasteiger partial charge in [0.05, 0.1) is 16.7 Å². The van der Waals surface area contributed by atoms with Crippen LogP contribution < -0.4 is 5.32 Å². The molecule has 28 heavy (non-hydrogen) atoms. The summed E-state index contributed by atoms with van der Waals surface area (Å²) in [4.78, 5) is 9.21. The van der Waals surface area contributed by atoms with Crippen LogP contribution >= 0.6 is 11.6 Å². The molecule has 1 N–H and O–H groups in total. The Bertz CT molecular complexity index is 1330. The zero-order chi connectivity index (χ0) is 19.1. The standard InChI is InChI=1S/C21H13ClFN5/c22-17-11-14(6-7-18(17)23)26-19-8-10-28-21(27-19)16(12-25-28)15-5-1-3-13-4-2-9-24-20(13)15/h1-12H,(H,26,27). The maximum atomic E-state index is 13.4. The molecule has 0 spiro atoms. The molecule has 0 fully saturated rings. The molecule has 0 saturated carbocycles. The molecule has 0 bridgehead atoms. The molecule has 0 aliphatic heterocycles. The Hall–Kier alpha value is -3.51. The third kappa shape index (κ3) is 2.84. The van der Waals surface area contributed by atoms with Gasteiger partial charge in [0.25, 0.3) is 0 Å². The summed E-state index contributed by atoms with van der Waals surface area (Å²) in [5, 5.41) is 8.66. The third-order valence-electron chi connectivity index (χ3n) is 4.48. The number of pyridine rings is 1. The smallest absolute Gasteiger partial charge is 0.165 e. The largest absolute Gasteiger partial charge is 0.340 e. The normalized spacial score (nSPS) is 11.2. The fraction of sp³-hybridized carbons (Fsp3) is 0. The summed E-state index contributed by atoms with van der Waals surface area (Å²) < 4.78 is 15.1. The van der Waals surface area contributed by atoms with E-state index >= 15 is 0 Å². The van der Waals surface area contributed by atoms with Gasteiger partial charge in [-0.05, 0) is 30.3 Å². The summed E-state index contributed by atoms with van der Waals surface area (Å²) >= 11 is 5.86. The Balaban J connectivity index is 1.61. The minimum atomic E-state index is -0.461. The van der Waals surface area contributed by atoms with E-state index in [-0.39, 0.29) is 5.02 Å². The number of nitrogens with one attached hydrogen (secondary N) is 1. The predicted octanol–water partition coefficient (Wildman–Crippen LogP) is 5.48. The first kappa shape index (κ1) is 16.6. The highest BCUT2D eigenvalue weighted by Crippen LogP contribution is 2.30. The molecule has 0 unspecified atom stereocenters. The van der Waals surface area contributed by atoms with E-state index in [1.165, 1.54) is 12.1 Å². The van der Waals surface area contributed by atoms with Crippen LogP contribution in [-0.2, 0) is 0 Å². The quantitative estimate of drug-likeness (QED) is 0.444. The van der Waals surface area contributed by atoms with Gasteiger partial charge in [0.15, 0.2) is 5.65 Å². The first-order valence-corrected chi connectivity index (χ1v) is 8.97. The van der Waals surface area contributed by atoms with E-state index in [4.69, 9.17) is 16.6 Å². The fourth-order valence-corrected chi connectivity index (χ4v) is 3.35. The number of hydrogen-bond acceptors (Lipinski definition) is 4. The molecule has 5 aromatic rings. The molecule has 7 heteroatoms. The van der Waals surface area contributed by atoms with Crippen molar-refractivity contribution in [3.05, 3.63) is 84.0 Å². The lowest BCUT2D eigenvalue weighted by molar-refractivity contribution is 0.628. The molecule has 136 valence electrons. The van der Waals surface area contributed by atoms with Gasteiger partial charge in [-0.1, -0.05) is 35.9 Å². The number of hydrogen-bond donors (Lipinski definition) is 1. The van der Waals surface area contributed by atoms with E-state index in [1.54, 1.807) is 29.0 Å². The summed E-state index contributed by atoms with van der Waals surface area (Å²) in [5.41, 5.74) is 4.07. The maximum absolute atomic E-state index is 13.4. The molecular weight excluding hydrogens is 377 g/mol. The number of anilines is 2. The lowest BCUT2D eigenvalue weighted by Gasteiger charge is -2.08. The van der Waals surface area contributed by atoms with Gasteiger partial charge >= 0.3 is 0 Å². The summed E-state index contributed by atoms with van der Waals surface area (Å²) in [6.07, 6.45) is 5.37. The van der Waals surface area contributed by atoms with Crippen molar-refractivity contribution < 1.29 is 4.39 Å². The molecule has 0 atom stereocenters.